The van der Waals surface area contributed by atoms with Crippen molar-refractivity contribution in [1.82, 2.24) is 4.98 Å². The second kappa shape index (κ2) is 4.58. The molecule has 2 nitrogen and oxygen atoms in total. The first-order valence-electron chi connectivity index (χ1n) is 5.78. The average molecular weight is 219 g/mol. The highest BCUT2D eigenvalue weighted by Gasteiger charge is 2.33. The maximum absolute atomic E-state index is 6.02. The van der Waals surface area contributed by atoms with E-state index in [4.69, 9.17) is 4.65 Å². The Kier molecular flexibility index (Phi) is 3.79. The van der Waals surface area contributed by atoms with Crippen molar-refractivity contribution in [3.05, 3.63) is 24.0 Å². The van der Waals surface area contributed by atoms with E-state index in [1.807, 2.05) is 19.2 Å². The van der Waals surface area contributed by atoms with Gasteiger partial charge in [-0.25, -0.2) is 0 Å². The van der Waals surface area contributed by atoms with E-state index in [0.29, 0.717) is 7.48 Å². The summed E-state index contributed by atoms with van der Waals surface area (Å²) in [5.41, 5.74) is 2.20. The first-order chi connectivity index (χ1) is 7.24. The summed E-state index contributed by atoms with van der Waals surface area (Å²) in [6, 6.07) is 4.02. The molecule has 1 rings (SSSR count). The van der Waals surface area contributed by atoms with Crippen molar-refractivity contribution in [1.29, 1.82) is 0 Å². The first kappa shape index (κ1) is 13.2. The van der Waals surface area contributed by atoms with Gasteiger partial charge in [0.1, 0.15) is 0 Å². The van der Waals surface area contributed by atoms with Crippen LogP contribution in [0.3, 0.4) is 0 Å². The second-order valence-electron chi connectivity index (χ2n) is 5.80. The van der Waals surface area contributed by atoms with E-state index in [2.05, 4.69) is 45.7 Å². The molecule has 1 heterocycles. The van der Waals surface area contributed by atoms with Crippen LogP contribution < -0.4 is 5.46 Å². The summed E-state index contributed by atoms with van der Waals surface area (Å²) in [4.78, 5) is 4.26. The molecule has 16 heavy (non-hydrogen) atoms. The molecular formula is C13H22BNO. The molecule has 3 heteroatoms. The fourth-order valence-electron chi connectivity index (χ4n) is 1.14. The van der Waals surface area contributed by atoms with E-state index in [0.717, 1.165) is 5.69 Å². The van der Waals surface area contributed by atoms with Gasteiger partial charge in [0.15, 0.2) is 0 Å². The maximum Gasteiger partial charge on any atom is 0.311 e. The molecule has 0 aliphatic heterocycles. The van der Waals surface area contributed by atoms with Crippen molar-refractivity contribution >= 4 is 12.9 Å². The predicted molar refractivity (Wildman–Crippen MR) is 70.4 cm³/mol. The Hall–Kier alpha value is -0.825. The summed E-state index contributed by atoms with van der Waals surface area (Å²) in [6.45, 7) is 12.9. The van der Waals surface area contributed by atoms with Gasteiger partial charge in [0.05, 0.1) is 5.60 Å². The van der Waals surface area contributed by atoms with E-state index >= 15 is 0 Å². The lowest BCUT2D eigenvalue weighted by atomic mass is 9.76. The summed E-state index contributed by atoms with van der Waals surface area (Å²) >= 11 is 0. The van der Waals surface area contributed by atoms with Crippen LogP contribution in [-0.4, -0.2) is 18.1 Å². The van der Waals surface area contributed by atoms with Crippen molar-refractivity contribution < 1.29 is 4.65 Å². The van der Waals surface area contributed by atoms with Crippen molar-refractivity contribution in [2.45, 2.75) is 47.1 Å². The number of hydrogen-bond donors (Lipinski definition) is 0. The molecule has 0 saturated heterocycles. The van der Waals surface area contributed by atoms with Crippen LogP contribution in [0.15, 0.2) is 18.3 Å². The largest absolute Gasteiger partial charge is 0.429 e. The Morgan fingerprint density at radius 2 is 1.81 bits per heavy atom. The topological polar surface area (TPSA) is 22.1 Å². The summed E-state index contributed by atoms with van der Waals surface area (Å²) in [7, 11) is 0.629. The fraction of sp³-hybridized carbons (Fsp3) is 0.615. The van der Waals surface area contributed by atoms with Gasteiger partial charge in [0.25, 0.3) is 0 Å². The van der Waals surface area contributed by atoms with Crippen molar-refractivity contribution in [2.75, 3.05) is 0 Å². The lowest BCUT2D eigenvalue weighted by Gasteiger charge is -2.39. The number of hydrogen-bond acceptors (Lipinski definition) is 2. The van der Waals surface area contributed by atoms with E-state index in [1.165, 1.54) is 5.46 Å². The summed E-state index contributed by atoms with van der Waals surface area (Å²) in [5.74, 6) is 0. The molecule has 0 N–H and O–H groups in total. The molecule has 1 aromatic heterocycles. The molecular weight excluding hydrogens is 197 g/mol. The van der Waals surface area contributed by atoms with Crippen LogP contribution in [0.4, 0.5) is 0 Å². The highest BCUT2D eigenvalue weighted by molar-refractivity contribution is 6.47. The molecule has 0 radical (unpaired) electrons. The smallest absolute Gasteiger partial charge is 0.311 e. The number of pyridine rings is 1. The van der Waals surface area contributed by atoms with E-state index in [9.17, 15) is 0 Å². The van der Waals surface area contributed by atoms with Crippen LogP contribution in [0.5, 0.6) is 0 Å². The summed E-state index contributed by atoms with van der Waals surface area (Å²) in [6.07, 6.45) is 1.81. The average Bonchev–Trinajstić information content (AvgIpc) is 2.15. The normalized spacial score (nSPS) is 12.6. The van der Waals surface area contributed by atoms with Crippen LogP contribution in [0.2, 0.25) is 0 Å². The molecule has 0 saturated carbocycles. The number of aromatic nitrogens is 1. The zero-order valence-corrected chi connectivity index (χ0v) is 11.3. The molecule has 0 aromatic carbocycles. The zero-order valence-electron chi connectivity index (χ0n) is 11.3. The van der Waals surface area contributed by atoms with Crippen molar-refractivity contribution in [3.63, 3.8) is 0 Å². The number of rotatable bonds is 3. The molecule has 0 aliphatic rings. The number of aryl methyl sites for hydroxylation is 1. The number of nitrogens with zero attached hydrogens (tertiary/aromatic N) is 1. The second-order valence-corrected chi connectivity index (χ2v) is 5.80. The predicted octanol–water partition coefficient (Wildman–Crippen LogP) is 2.21. The lowest BCUT2D eigenvalue weighted by Crippen LogP contribution is -2.43. The minimum absolute atomic E-state index is 0.128. The van der Waals surface area contributed by atoms with Crippen LogP contribution in [0.1, 0.15) is 40.3 Å². The third kappa shape index (κ3) is 3.08. The van der Waals surface area contributed by atoms with Gasteiger partial charge in [-0.1, -0.05) is 26.8 Å². The fourth-order valence-corrected chi connectivity index (χ4v) is 1.14. The Bertz CT molecular complexity index is 355. The van der Waals surface area contributed by atoms with Gasteiger partial charge in [0, 0.05) is 11.9 Å². The quantitative estimate of drug-likeness (QED) is 0.727. The molecule has 0 spiro atoms. The Morgan fingerprint density at radius 1 is 1.19 bits per heavy atom. The molecule has 0 atom stereocenters. The molecule has 0 fully saturated rings. The Balaban J connectivity index is 2.69. The minimum atomic E-state index is -0.144. The molecule has 0 bridgehead atoms. The van der Waals surface area contributed by atoms with Crippen molar-refractivity contribution in [2.24, 2.45) is 5.41 Å². The van der Waals surface area contributed by atoms with E-state index in [1.54, 1.807) is 0 Å². The summed E-state index contributed by atoms with van der Waals surface area (Å²) < 4.78 is 6.02. The molecule has 88 valence electrons. The van der Waals surface area contributed by atoms with Gasteiger partial charge in [-0.05, 0) is 37.7 Å². The molecule has 1 aromatic rings. The maximum atomic E-state index is 6.02. The monoisotopic (exact) mass is 219 g/mol. The van der Waals surface area contributed by atoms with Gasteiger partial charge in [-0.2, -0.15) is 0 Å². The Labute approximate surface area is 99.7 Å². The summed E-state index contributed by atoms with van der Waals surface area (Å²) in [5, 5.41) is 0. The van der Waals surface area contributed by atoms with Crippen LogP contribution in [0, 0.1) is 12.3 Å². The molecule has 0 aliphatic carbocycles. The third-order valence-corrected chi connectivity index (χ3v) is 3.51. The SMILES string of the molecule is Cc1ncccc1BOC(C)(C)C(C)(C)C. The van der Waals surface area contributed by atoms with Crippen molar-refractivity contribution in [3.8, 4) is 0 Å². The third-order valence-electron chi connectivity index (χ3n) is 3.51. The standard InChI is InChI=1S/C13H22BNO/c1-10-11(8-7-9-15-10)14-16-13(5,6)12(2,3)4/h7-9,14H,1-6H3. The highest BCUT2D eigenvalue weighted by Crippen LogP contribution is 2.32. The lowest BCUT2D eigenvalue weighted by molar-refractivity contribution is 0.00502. The van der Waals surface area contributed by atoms with Crippen LogP contribution >= 0.6 is 0 Å². The van der Waals surface area contributed by atoms with Gasteiger partial charge in [-0.15, -0.1) is 0 Å². The Morgan fingerprint density at radius 3 is 2.31 bits per heavy atom. The molecule has 0 unspecified atom stereocenters. The van der Waals surface area contributed by atoms with Gasteiger partial charge in [-0.3, -0.25) is 4.98 Å². The van der Waals surface area contributed by atoms with E-state index < -0.39 is 0 Å². The van der Waals surface area contributed by atoms with Gasteiger partial charge < -0.3 is 4.65 Å². The zero-order chi connectivity index (χ0) is 12.4. The first-order valence-corrected chi connectivity index (χ1v) is 5.78. The molecule has 0 amide bonds. The van der Waals surface area contributed by atoms with Gasteiger partial charge in [0.2, 0.25) is 0 Å². The van der Waals surface area contributed by atoms with Gasteiger partial charge >= 0.3 is 7.48 Å². The minimum Gasteiger partial charge on any atom is -0.429 e. The van der Waals surface area contributed by atoms with E-state index in [-0.39, 0.29) is 11.0 Å². The van der Waals surface area contributed by atoms with Crippen LogP contribution in [-0.2, 0) is 4.65 Å². The highest BCUT2D eigenvalue weighted by atomic mass is 16.5. The van der Waals surface area contributed by atoms with Crippen LogP contribution in [0.25, 0.3) is 0 Å².